The Bertz CT molecular complexity index is 2250. The van der Waals surface area contributed by atoms with E-state index in [1.807, 2.05) is 0 Å². The lowest BCUT2D eigenvalue weighted by Gasteiger charge is -2.46. The predicted octanol–water partition coefficient (Wildman–Crippen LogP) is 5.97. The molecule has 6 rings (SSSR count). The number of alkyl halides is 6. The molecule has 1 saturated heterocycles. The second-order valence-electron chi connectivity index (χ2n) is 17.5. The maximum atomic E-state index is 15.1. The average Bonchev–Trinajstić information content (AvgIpc) is 4.05. The highest BCUT2D eigenvalue weighted by Crippen LogP contribution is 2.48. The summed E-state index contributed by atoms with van der Waals surface area (Å²) in [6.45, 7) is 5.25. The van der Waals surface area contributed by atoms with Crippen LogP contribution in [0.1, 0.15) is 91.7 Å². The van der Waals surface area contributed by atoms with Crippen LogP contribution in [0.15, 0.2) is 30.4 Å². The van der Waals surface area contributed by atoms with E-state index >= 15 is 4.79 Å². The summed E-state index contributed by atoms with van der Waals surface area (Å²) in [5.74, 6) is -6.38. The fourth-order valence-electron chi connectivity index (χ4n) is 8.34. The molecule has 2 aliphatic carbocycles. The quantitative estimate of drug-likeness (QED) is 0.198. The largest absolute Gasteiger partial charge is 0.497 e. The summed E-state index contributed by atoms with van der Waals surface area (Å²) >= 11 is 0. The number of rotatable bonds is 9. The zero-order chi connectivity index (χ0) is 46.0. The normalized spacial score (nSPS) is 28.7. The number of halogens is 6. The van der Waals surface area contributed by atoms with Crippen molar-refractivity contribution in [1.82, 2.24) is 29.8 Å². The number of carbonyl (C=O) groups excluding carboxylic acids is 3. The fourth-order valence-corrected chi connectivity index (χ4v) is 9.65. The number of carboxylic acid groups (broad SMARTS) is 1. The van der Waals surface area contributed by atoms with Crippen molar-refractivity contribution in [2.24, 2.45) is 17.8 Å². The molecule has 0 spiro atoms. The molecule has 4 amide bonds. The Kier molecular flexibility index (Phi) is 12.3. The van der Waals surface area contributed by atoms with E-state index in [-0.39, 0.29) is 59.7 Å². The van der Waals surface area contributed by atoms with E-state index in [0.717, 1.165) is 4.90 Å². The molecular formula is C40H50F6N6O9S. The van der Waals surface area contributed by atoms with Gasteiger partial charge in [0, 0.05) is 18.4 Å². The van der Waals surface area contributed by atoms with Crippen LogP contribution in [0, 0.1) is 17.8 Å². The van der Waals surface area contributed by atoms with Gasteiger partial charge >= 0.3 is 18.4 Å². The number of ether oxygens (including phenoxy) is 2. The summed E-state index contributed by atoms with van der Waals surface area (Å²) in [6, 6.07) is 0.0227. The van der Waals surface area contributed by atoms with Gasteiger partial charge in [-0.05, 0) is 83.3 Å². The average molecular weight is 905 g/mol. The van der Waals surface area contributed by atoms with Crippen LogP contribution in [0.5, 0.6) is 11.6 Å². The van der Waals surface area contributed by atoms with Gasteiger partial charge in [0.2, 0.25) is 33.4 Å². The second-order valence-corrected chi connectivity index (χ2v) is 19.7. The number of aromatic nitrogens is 2. The first-order chi connectivity index (χ1) is 28.7. The highest BCUT2D eigenvalue weighted by atomic mass is 32.2. The van der Waals surface area contributed by atoms with E-state index in [2.05, 4.69) is 20.0 Å². The highest BCUT2D eigenvalue weighted by molar-refractivity contribution is 7.91. The van der Waals surface area contributed by atoms with Gasteiger partial charge < -0.3 is 24.8 Å². The number of nitrogens with one attached hydrogen (secondary N) is 2. The molecule has 2 aromatic rings. The number of hydrogen-bond acceptors (Lipinski definition) is 10. The van der Waals surface area contributed by atoms with Crippen molar-refractivity contribution < 1.29 is 68.5 Å². The molecule has 0 radical (unpaired) electrons. The first kappa shape index (κ1) is 46.6. The SMILES string of the molecule is CC[C@@H]1C[C@H](C)CC/C=C\[C@@H]2C[C@@]2(C(=O)NS(=O)(=O)C2(C)CC2)NC(=O)[C@@H]2C[C@@H](Oc3nc4cc(OC)ccc4nc3C(F)(F)F)CN2C(=O)[C@H]1N(C(=O)O)C(C)(C)C(F)(F)F. The Balaban J connectivity index is 1.47. The molecule has 2 aliphatic heterocycles. The molecule has 7 atom stereocenters. The standard InChI is InChI=1S/C40H50F6N6O9S/c1-7-22-16-21(2)10-8-9-11-23-19-38(23,34(55)50-62(58,59)37(5)14-15-37)49-31(53)28-18-25(20-51(28)33(54)29(22)52(35(56)57)36(3,4)40(44,45)46)61-32-30(39(41,42)43)47-26-13-12-24(60-6)17-27(26)48-32/h9,11-13,17,21-23,25,28-29H,7-8,10,14-16,18-20H2,1-6H3,(H,49,53)(H,50,55)(H,56,57)/b11-9-/t21-,22-,23-,25-,28+,29+,38-/m1/s1. The zero-order valence-corrected chi connectivity index (χ0v) is 35.7. The molecule has 1 aromatic carbocycles. The molecule has 4 aliphatic rings. The Hall–Kier alpha value is -4.89. The molecule has 1 aromatic heterocycles. The summed E-state index contributed by atoms with van der Waals surface area (Å²) in [4.78, 5) is 65.2. The van der Waals surface area contributed by atoms with Gasteiger partial charge in [-0.3, -0.25) is 24.0 Å². The van der Waals surface area contributed by atoms with Crippen molar-refractivity contribution in [2.45, 2.75) is 132 Å². The van der Waals surface area contributed by atoms with Crippen molar-refractivity contribution in [1.29, 1.82) is 0 Å². The maximum absolute atomic E-state index is 15.1. The molecule has 15 nitrogen and oxygen atoms in total. The van der Waals surface area contributed by atoms with Crippen molar-refractivity contribution in [2.75, 3.05) is 13.7 Å². The second kappa shape index (κ2) is 16.3. The molecule has 62 heavy (non-hydrogen) atoms. The molecule has 0 unspecified atom stereocenters. The number of fused-ring (bicyclic) bond motifs is 3. The van der Waals surface area contributed by atoms with Gasteiger partial charge in [0.1, 0.15) is 35.0 Å². The molecule has 2 saturated carbocycles. The third-order valence-corrected chi connectivity index (χ3v) is 14.9. The minimum Gasteiger partial charge on any atom is -0.497 e. The first-order valence-electron chi connectivity index (χ1n) is 20.2. The van der Waals surface area contributed by atoms with Gasteiger partial charge in [0.15, 0.2) is 0 Å². The molecule has 342 valence electrons. The van der Waals surface area contributed by atoms with E-state index in [9.17, 15) is 54.3 Å². The summed E-state index contributed by atoms with van der Waals surface area (Å²) in [5, 5.41) is 13.1. The molecule has 3 fully saturated rings. The summed E-state index contributed by atoms with van der Waals surface area (Å²) < 4.78 is 126. The number of nitrogens with zero attached hydrogens (tertiary/aromatic N) is 4. The van der Waals surface area contributed by atoms with Crippen LogP contribution in [0.25, 0.3) is 11.0 Å². The van der Waals surface area contributed by atoms with Crippen molar-refractivity contribution in [3.05, 3.63) is 36.0 Å². The lowest BCUT2D eigenvalue weighted by Crippen LogP contribution is -2.66. The van der Waals surface area contributed by atoms with Gasteiger partial charge in [-0.25, -0.2) is 23.2 Å². The Labute approximate surface area is 354 Å². The fraction of sp³-hybridized carbons (Fsp3) is 0.650. The van der Waals surface area contributed by atoms with Gasteiger partial charge in [0.25, 0.3) is 5.91 Å². The highest BCUT2D eigenvalue weighted by Gasteiger charge is 2.64. The smallest absolute Gasteiger partial charge is 0.438 e. The van der Waals surface area contributed by atoms with Gasteiger partial charge in [-0.15, -0.1) is 0 Å². The van der Waals surface area contributed by atoms with Crippen molar-refractivity contribution >= 4 is 44.9 Å². The topological polar surface area (TPSA) is 197 Å². The number of benzene rings is 1. The van der Waals surface area contributed by atoms with E-state index < -0.39 is 117 Å². The number of amides is 4. The van der Waals surface area contributed by atoms with E-state index in [1.165, 1.54) is 32.2 Å². The molecule has 22 heteroatoms. The Morgan fingerprint density at radius 2 is 1.76 bits per heavy atom. The molecule has 0 bridgehead atoms. The number of allylic oxidation sites excluding steroid dienone is 1. The van der Waals surface area contributed by atoms with Crippen molar-refractivity contribution in [3.63, 3.8) is 0 Å². The van der Waals surface area contributed by atoms with Crippen LogP contribution in [0.4, 0.5) is 31.1 Å². The summed E-state index contributed by atoms with van der Waals surface area (Å²) in [5.41, 5.74) is -6.89. The van der Waals surface area contributed by atoms with Crippen LogP contribution in [-0.2, 0) is 30.6 Å². The van der Waals surface area contributed by atoms with Crippen LogP contribution in [-0.4, -0.2) is 111 Å². The third-order valence-electron chi connectivity index (χ3n) is 12.7. The molecule has 3 N–H and O–H groups in total. The lowest BCUT2D eigenvalue weighted by atomic mass is 9.82. The maximum Gasteiger partial charge on any atom is 0.438 e. The van der Waals surface area contributed by atoms with E-state index in [0.29, 0.717) is 26.7 Å². The Morgan fingerprint density at radius 3 is 2.34 bits per heavy atom. The predicted molar refractivity (Wildman–Crippen MR) is 209 cm³/mol. The first-order valence-corrected chi connectivity index (χ1v) is 21.7. The van der Waals surface area contributed by atoms with Crippen molar-refractivity contribution in [3.8, 4) is 11.6 Å². The van der Waals surface area contributed by atoms with E-state index in [4.69, 9.17) is 9.47 Å². The van der Waals surface area contributed by atoms with Gasteiger partial charge in [-0.1, -0.05) is 32.4 Å². The Morgan fingerprint density at radius 1 is 1.08 bits per heavy atom. The molecular weight excluding hydrogens is 855 g/mol. The van der Waals surface area contributed by atoms with Crippen LogP contribution >= 0.6 is 0 Å². The van der Waals surface area contributed by atoms with Crippen LogP contribution < -0.4 is 19.5 Å². The number of sulfonamides is 1. The van der Waals surface area contributed by atoms with Crippen LogP contribution in [0.3, 0.4) is 0 Å². The zero-order valence-electron chi connectivity index (χ0n) is 34.9. The minimum atomic E-state index is -5.21. The monoisotopic (exact) mass is 904 g/mol. The lowest BCUT2D eigenvalue weighted by molar-refractivity contribution is -0.222. The third kappa shape index (κ3) is 8.84. The number of methoxy groups -OCH3 is 1. The molecule has 3 heterocycles. The number of hydrogen-bond donors (Lipinski definition) is 3. The summed E-state index contributed by atoms with van der Waals surface area (Å²) in [6.07, 6.45) is -9.90. The number of carbonyl (C=O) groups is 4. The van der Waals surface area contributed by atoms with Gasteiger partial charge in [0.05, 0.1) is 29.4 Å². The van der Waals surface area contributed by atoms with Crippen LogP contribution in [0.2, 0.25) is 0 Å². The van der Waals surface area contributed by atoms with E-state index in [1.54, 1.807) is 26.0 Å². The minimum absolute atomic E-state index is 0.00275. The summed E-state index contributed by atoms with van der Waals surface area (Å²) in [7, 11) is -2.91. The van der Waals surface area contributed by atoms with Gasteiger partial charge in [-0.2, -0.15) is 26.3 Å².